The van der Waals surface area contributed by atoms with Gasteiger partial charge in [-0.25, -0.2) is 0 Å². The Morgan fingerprint density at radius 2 is 1.89 bits per heavy atom. The highest BCUT2D eigenvalue weighted by atomic mass is 16.6. The Hall–Kier alpha value is -2.70. The van der Waals surface area contributed by atoms with Crippen LogP contribution in [0.25, 0.3) is 0 Å². The number of rotatable bonds is 3. The predicted octanol–water partition coefficient (Wildman–Crippen LogP) is 2.39. The summed E-state index contributed by atoms with van der Waals surface area (Å²) in [5, 5.41) is 21.6. The molecule has 0 radical (unpaired) electrons. The van der Waals surface area contributed by atoms with E-state index in [1.165, 1.54) is 12.1 Å². The van der Waals surface area contributed by atoms with Crippen molar-refractivity contribution in [3.05, 3.63) is 62.9 Å². The SMILES string of the molecule is O=[N+]([O-])c1ccc(N2C=CC=CC2)c([N+](=O)[O-])c1. The molecule has 0 spiro atoms. The van der Waals surface area contributed by atoms with Crippen LogP contribution in [0.2, 0.25) is 0 Å². The molecule has 0 aliphatic carbocycles. The first-order valence-electron chi connectivity index (χ1n) is 5.12. The lowest BCUT2D eigenvalue weighted by atomic mass is 10.2. The number of nitro benzene ring substituents is 2. The summed E-state index contributed by atoms with van der Waals surface area (Å²) < 4.78 is 0. The van der Waals surface area contributed by atoms with E-state index in [0.29, 0.717) is 12.2 Å². The lowest BCUT2D eigenvalue weighted by Gasteiger charge is -2.20. The molecular formula is C11H9N3O4. The highest BCUT2D eigenvalue weighted by molar-refractivity contribution is 5.68. The lowest BCUT2D eigenvalue weighted by Crippen LogP contribution is -2.18. The number of hydrogen-bond acceptors (Lipinski definition) is 5. The fraction of sp³-hybridized carbons (Fsp3) is 0.0909. The molecule has 1 aromatic rings. The van der Waals surface area contributed by atoms with Gasteiger partial charge in [0.05, 0.1) is 15.9 Å². The van der Waals surface area contributed by atoms with E-state index in [9.17, 15) is 20.2 Å². The molecule has 0 amide bonds. The van der Waals surface area contributed by atoms with Gasteiger partial charge in [-0.3, -0.25) is 20.2 Å². The van der Waals surface area contributed by atoms with Crippen LogP contribution >= 0.6 is 0 Å². The van der Waals surface area contributed by atoms with Gasteiger partial charge in [-0.15, -0.1) is 0 Å². The van der Waals surface area contributed by atoms with Gasteiger partial charge in [-0.2, -0.15) is 0 Å². The Balaban J connectivity index is 2.47. The van der Waals surface area contributed by atoms with Gasteiger partial charge in [-0.1, -0.05) is 12.2 Å². The highest BCUT2D eigenvalue weighted by Gasteiger charge is 2.22. The number of hydrogen-bond donors (Lipinski definition) is 0. The fourth-order valence-electron chi connectivity index (χ4n) is 1.66. The van der Waals surface area contributed by atoms with Gasteiger partial charge in [0.25, 0.3) is 11.4 Å². The van der Waals surface area contributed by atoms with Crippen molar-refractivity contribution in [2.45, 2.75) is 0 Å². The van der Waals surface area contributed by atoms with Gasteiger partial charge in [0.2, 0.25) is 0 Å². The molecule has 1 aliphatic rings. The van der Waals surface area contributed by atoms with Gasteiger partial charge in [-0.05, 0) is 12.1 Å². The first-order chi connectivity index (χ1) is 8.59. The van der Waals surface area contributed by atoms with Crippen molar-refractivity contribution in [3.8, 4) is 0 Å². The normalized spacial score (nSPS) is 13.7. The largest absolute Gasteiger partial charge is 0.339 e. The molecule has 0 saturated heterocycles. The van der Waals surface area contributed by atoms with E-state index in [-0.39, 0.29) is 11.4 Å². The van der Waals surface area contributed by atoms with E-state index in [2.05, 4.69) is 0 Å². The number of non-ortho nitro benzene ring substituents is 1. The average Bonchev–Trinajstić information content (AvgIpc) is 2.39. The standard InChI is InChI=1S/C11H9N3O4/c15-13(16)9-4-5-10(11(8-9)14(17)18)12-6-2-1-3-7-12/h1-6,8H,7H2. The first-order valence-corrected chi connectivity index (χ1v) is 5.12. The van der Waals surface area contributed by atoms with Crippen LogP contribution in [0.5, 0.6) is 0 Å². The number of nitro groups is 2. The summed E-state index contributed by atoms with van der Waals surface area (Å²) in [7, 11) is 0. The average molecular weight is 247 g/mol. The van der Waals surface area contributed by atoms with Gasteiger partial charge >= 0.3 is 0 Å². The molecule has 7 heteroatoms. The minimum atomic E-state index is -0.650. The molecule has 0 N–H and O–H groups in total. The highest BCUT2D eigenvalue weighted by Crippen LogP contribution is 2.32. The number of nitrogens with zero attached hydrogens (tertiary/aromatic N) is 3. The maximum absolute atomic E-state index is 11.0. The molecule has 1 heterocycles. The van der Waals surface area contributed by atoms with Gasteiger partial charge in [0.1, 0.15) is 5.69 Å². The quantitative estimate of drug-likeness (QED) is 0.604. The van der Waals surface area contributed by atoms with E-state index < -0.39 is 9.85 Å². The number of anilines is 1. The molecular weight excluding hydrogens is 238 g/mol. The monoisotopic (exact) mass is 247 g/mol. The Morgan fingerprint density at radius 3 is 2.44 bits per heavy atom. The Morgan fingerprint density at radius 1 is 1.11 bits per heavy atom. The Labute approximate surface area is 102 Å². The van der Waals surface area contributed by atoms with Crippen molar-refractivity contribution >= 4 is 17.1 Å². The Bertz CT molecular complexity index is 565. The topological polar surface area (TPSA) is 89.5 Å². The summed E-state index contributed by atoms with van der Waals surface area (Å²) >= 11 is 0. The fourth-order valence-corrected chi connectivity index (χ4v) is 1.66. The van der Waals surface area contributed by atoms with Crippen LogP contribution in [0.3, 0.4) is 0 Å². The molecule has 18 heavy (non-hydrogen) atoms. The molecule has 7 nitrogen and oxygen atoms in total. The first kappa shape index (κ1) is 11.8. The summed E-state index contributed by atoms with van der Waals surface area (Å²) in [6, 6.07) is 3.62. The number of allylic oxidation sites excluding steroid dienone is 2. The molecule has 0 unspecified atom stereocenters. The predicted molar refractivity (Wildman–Crippen MR) is 65.4 cm³/mol. The van der Waals surface area contributed by atoms with Crippen molar-refractivity contribution in [2.24, 2.45) is 0 Å². The van der Waals surface area contributed by atoms with Crippen LogP contribution in [-0.4, -0.2) is 16.4 Å². The van der Waals surface area contributed by atoms with Crippen LogP contribution in [-0.2, 0) is 0 Å². The molecule has 1 aromatic carbocycles. The Kier molecular flexibility index (Phi) is 3.05. The van der Waals surface area contributed by atoms with E-state index in [0.717, 1.165) is 6.07 Å². The molecule has 1 aliphatic heterocycles. The lowest BCUT2D eigenvalue weighted by molar-refractivity contribution is -0.393. The molecule has 0 fully saturated rings. The smallest absolute Gasteiger partial charge is 0.299 e. The summed E-state index contributed by atoms with van der Waals surface area (Å²) in [6.07, 6.45) is 7.10. The van der Waals surface area contributed by atoms with Crippen LogP contribution in [0.15, 0.2) is 42.6 Å². The van der Waals surface area contributed by atoms with E-state index in [1.54, 1.807) is 17.2 Å². The van der Waals surface area contributed by atoms with Gasteiger partial charge in [0, 0.05) is 18.8 Å². The summed E-state index contributed by atoms with van der Waals surface area (Å²) in [5.41, 5.74) is -0.225. The molecule has 0 aromatic heterocycles. The second kappa shape index (κ2) is 4.66. The van der Waals surface area contributed by atoms with Crippen LogP contribution in [0, 0.1) is 20.2 Å². The van der Waals surface area contributed by atoms with Gasteiger partial charge < -0.3 is 4.90 Å². The zero-order valence-electron chi connectivity index (χ0n) is 9.22. The third kappa shape index (κ3) is 2.19. The third-order valence-electron chi connectivity index (χ3n) is 2.49. The van der Waals surface area contributed by atoms with Crippen molar-refractivity contribution in [1.29, 1.82) is 0 Å². The van der Waals surface area contributed by atoms with Crippen LogP contribution < -0.4 is 4.90 Å². The summed E-state index contributed by atoms with van der Waals surface area (Å²) in [6.45, 7) is 0.495. The van der Waals surface area contributed by atoms with E-state index in [4.69, 9.17) is 0 Å². The van der Waals surface area contributed by atoms with E-state index >= 15 is 0 Å². The maximum atomic E-state index is 11.0. The summed E-state index contributed by atoms with van der Waals surface area (Å²) in [5.74, 6) is 0. The molecule has 92 valence electrons. The minimum Gasteiger partial charge on any atom is -0.339 e. The van der Waals surface area contributed by atoms with Crippen molar-refractivity contribution in [3.63, 3.8) is 0 Å². The van der Waals surface area contributed by atoms with Crippen molar-refractivity contribution < 1.29 is 9.85 Å². The minimum absolute atomic E-state index is 0.274. The molecule has 0 saturated carbocycles. The summed E-state index contributed by atoms with van der Waals surface area (Å²) in [4.78, 5) is 21.9. The second-order valence-corrected chi connectivity index (χ2v) is 3.61. The number of benzene rings is 1. The van der Waals surface area contributed by atoms with Crippen LogP contribution in [0.4, 0.5) is 17.1 Å². The zero-order chi connectivity index (χ0) is 13.1. The van der Waals surface area contributed by atoms with Crippen molar-refractivity contribution in [1.82, 2.24) is 0 Å². The zero-order valence-corrected chi connectivity index (χ0v) is 9.22. The van der Waals surface area contributed by atoms with Gasteiger partial charge in [0.15, 0.2) is 0 Å². The van der Waals surface area contributed by atoms with Crippen molar-refractivity contribution in [2.75, 3.05) is 11.4 Å². The van der Waals surface area contributed by atoms with Crippen LogP contribution in [0.1, 0.15) is 0 Å². The van der Waals surface area contributed by atoms with E-state index in [1.807, 2.05) is 12.2 Å². The molecule has 2 rings (SSSR count). The molecule has 0 bridgehead atoms. The third-order valence-corrected chi connectivity index (χ3v) is 2.49. The maximum Gasteiger partial charge on any atom is 0.299 e. The second-order valence-electron chi connectivity index (χ2n) is 3.61. The molecule has 0 atom stereocenters.